The second kappa shape index (κ2) is 9.00. The van der Waals surface area contributed by atoms with Crippen molar-refractivity contribution >= 4 is 40.1 Å². The molecule has 1 fully saturated rings. The van der Waals surface area contributed by atoms with E-state index < -0.39 is 0 Å². The maximum atomic E-state index is 6.47. The summed E-state index contributed by atoms with van der Waals surface area (Å²) in [4.78, 5) is 13.6. The highest BCUT2D eigenvalue weighted by atomic mass is 35.5. The number of pyridine rings is 1. The zero-order chi connectivity index (χ0) is 23.8. The van der Waals surface area contributed by atoms with E-state index in [1.807, 2.05) is 36.5 Å². The number of aromatic nitrogens is 4. The molecular weight excluding hydrogens is 452 g/mol. The van der Waals surface area contributed by atoms with Gasteiger partial charge in [-0.15, -0.1) is 0 Å². The van der Waals surface area contributed by atoms with Crippen LogP contribution in [0, 0.1) is 0 Å². The highest BCUT2D eigenvalue weighted by molar-refractivity contribution is 6.33. The highest BCUT2D eigenvalue weighted by Crippen LogP contribution is 2.38. The van der Waals surface area contributed by atoms with Crippen molar-refractivity contribution in [1.29, 1.82) is 0 Å². The minimum Gasteiger partial charge on any atom is -0.494 e. The van der Waals surface area contributed by atoms with Gasteiger partial charge in [0.1, 0.15) is 5.75 Å². The average Bonchev–Trinajstić information content (AvgIpc) is 3.48. The van der Waals surface area contributed by atoms with Crippen LogP contribution in [-0.2, 0) is 0 Å². The smallest absolute Gasteiger partial charge is 0.227 e. The van der Waals surface area contributed by atoms with E-state index in [-0.39, 0.29) is 0 Å². The predicted molar refractivity (Wildman–Crippen MR) is 136 cm³/mol. The van der Waals surface area contributed by atoms with Crippen LogP contribution in [0.5, 0.6) is 5.75 Å². The summed E-state index contributed by atoms with van der Waals surface area (Å²) in [6.45, 7) is 1.88. The number of hydrogen-bond donors (Lipinski definition) is 2. The van der Waals surface area contributed by atoms with Crippen molar-refractivity contribution in [3.63, 3.8) is 0 Å². The molecule has 1 aromatic carbocycles. The molecule has 0 saturated carbocycles. The van der Waals surface area contributed by atoms with E-state index in [4.69, 9.17) is 22.1 Å². The Hall–Kier alpha value is -3.56. The summed E-state index contributed by atoms with van der Waals surface area (Å²) in [6.07, 6.45) is 6.30. The molecule has 0 radical (unpaired) electrons. The Morgan fingerprint density at radius 3 is 2.85 bits per heavy atom. The van der Waals surface area contributed by atoms with E-state index in [2.05, 4.69) is 44.3 Å². The molecule has 0 unspecified atom stereocenters. The number of rotatable bonds is 6. The molecule has 1 atom stereocenters. The third kappa shape index (κ3) is 4.08. The summed E-state index contributed by atoms with van der Waals surface area (Å²) in [5.74, 6) is 1.04. The van der Waals surface area contributed by atoms with Gasteiger partial charge >= 0.3 is 0 Å². The van der Waals surface area contributed by atoms with Crippen LogP contribution in [0.2, 0.25) is 5.02 Å². The normalized spacial score (nSPS) is 15.9. The number of nitrogen functional groups attached to an aromatic ring is 1. The molecule has 4 heterocycles. The first-order chi connectivity index (χ1) is 16.4. The largest absolute Gasteiger partial charge is 0.494 e. The number of halogens is 1. The Morgan fingerprint density at radius 2 is 2.09 bits per heavy atom. The summed E-state index contributed by atoms with van der Waals surface area (Å²) in [5.41, 5.74) is 11.1. The van der Waals surface area contributed by atoms with Gasteiger partial charge in [-0.1, -0.05) is 17.7 Å². The van der Waals surface area contributed by atoms with Gasteiger partial charge in [-0.05, 0) is 38.7 Å². The number of hydrogen-bond acceptors (Lipinski definition) is 8. The number of methoxy groups -OCH3 is 1. The molecule has 34 heavy (non-hydrogen) atoms. The summed E-state index contributed by atoms with van der Waals surface area (Å²) in [6, 6.07) is 10.2. The van der Waals surface area contributed by atoms with Crippen molar-refractivity contribution in [1.82, 2.24) is 24.5 Å². The zero-order valence-corrected chi connectivity index (χ0v) is 20.1. The van der Waals surface area contributed by atoms with E-state index in [0.717, 1.165) is 36.3 Å². The number of nitrogens with two attached hydrogens (primary N) is 1. The molecule has 3 N–H and O–H groups in total. The maximum Gasteiger partial charge on any atom is 0.227 e. The van der Waals surface area contributed by atoms with Gasteiger partial charge < -0.3 is 25.6 Å². The Bertz CT molecular complexity index is 1340. The van der Waals surface area contributed by atoms with Crippen molar-refractivity contribution < 1.29 is 4.74 Å². The highest BCUT2D eigenvalue weighted by Gasteiger charge is 2.26. The predicted octanol–water partition coefficient (Wildman–Crippen LogP) is 3.92. The number of likely N-dealkylation sites (N-methyl/N-ethyl adjacent to an activating group) is 1. The molecule has 176 valence electrons. The van der Waals surface area contributed by atoms with Crippen molar-refractivity contribution in [2.45, 2.75) is 12.5 Å². The van der Waals surface area contributed by atoms with Gasteiger partial charge in [0.25, 0.3) is 0 Å². The fraction of sp³-hybridized carbons (Fsp3) is 0.292. The molecule has 0 aliphatic carbocycles. The van der Waals surface area contributed by atoms with Crippen LogP contribution in [0.1, 0.15) is 6.42 Å². The molecule has 4 aromatic rings. The molecule has 10 heteroatoms. The Balaban J connectivity index is 1.46. The SMILES string of the molecule is COc1cc(N2CC[C@@H](N(C)C)C2)c(N)cc1Nc1ncc(Cl)c(-c2cnn3ccccc23)n1. The number of nitrogens with one attached hydrogen (secondary N) is 1. The monoisotopic (exact) mass is 478 g/mol. The lowest BCUT2D eigenvalue weighted by Gasteiger charge is -2.24. The van der Waals surface area contributed by atoms with E-state index in [1.54, 1.807) is 24.0 Å². The van der Waals surface area contributed by atoms with Crippen LogP contribution in [-0.4, -0.2) is 64.8 Å². The van der Waals surface area contributed by atoms with Gasteiger partial charge in [0.2, 0.25) is 5.95 Å². The van der Waals surface area contributed by atoms with E-state index in [9.17, 15) is 0 Å². The lowest BCUT2D eigenvalue weighted by molar-refractivity contribution is 0.315. The molecule has 0 bridgehead atoms. The second-order valence-corrected chi connectivity index (χ2v) is 8.97. The summed E-state index contributed by atoms with van der Waals surface area (Å²) in [5, 5.41) is 8.07. The van der Waals surface area contributed by atoms with Crippen molar-refractivity contribution in [2.75, 3.05) is 50.2 Å². The molecule has 1 aliphatic heterocycles. The number of fused-ring (bicyclic) bond motifs is 1. The average molecular weight is 479 g/mol. The number of nitrogens with zero attached hydrogens (tertiary/aromatic N) is 6. The summed E-state index contributed by atoms with van der Waals surface area (Å²) in [7, 11) is 5.86. The van der Waals surface area contributed by atoms with Crippen LogP contribution >= 0.6 is 11.6 Å². The molecule has 0 spiro atoms. The number of ether oxygens (including phenoxy) is 1. The summed E-state index contributed by atoms with van der Waals surface area (Å²) >= 11 is 6.46. The molecule has 1 aliphatic rings. The molecule has 3 aromatic heterocycles. The van der Waals surface area contributed by atoms with Crippen LogP contribution in [0.3, 0.4) is 0 Å². The van der Waals surface area contributed by atoms with Crippen LogP contribution in [0.25, 0.3) is 16.8 Å². The van der Waals surface area contributed by atoms with E-state index in [0.29, 0.717) is 39.8 Å². The van der Waals surface area contributed by atoms with Gasteiger partial charge in [-0.25, -0.2) is 14.5 Å². The van der Waals surface area contributed by atoms with Crippen LogP contribution in [0.4, 0.5) is 23.0 Å². The maximum absolute atomic E-state index is 6.47. The van der Waals surface area contributed by atoms with Gasteiger partial charge in [0.15, 0.2) is 0 Å². The van der Waals surface area contributed by atoms with E-state index in [1.165, 1.54) is 0 Å². The fourth-order valence-electron chi connectivity index (χ4n) is 4.36. The Kier molecular flexibility index (Phi) is 5.89. The molecule has 5 rings (SSSR count). The van der Waals surface area contributed by atoms with Gasteiger partial charge in [-0.3, -0.25) is 0 Å². The van der Waals surface area contributed by atoms with Gasteiger partial charge in [0, 0.05) is 37.0 Å². The quantitative estimate of drug-likeness (QED) is 0.402. The minimum absolute atomic E-state index is 0.383. The third-order valence-corrected chi connectivity index (χ3v) is 6.53. The Morgan fingerprint density at radius 1 is 1.24 bits per heavy atom. The van der Waals surface area contributed by atoms with Crippen molar-refractivity contribution in [2.24, 2.45) is 0 Å². The first kappa shape index (κ1) is 22.2. The van der Waals surface area contributed by atoms with Gasteiger partial charge in [-0.2, -0.15) is 5.10 Å². The molecule has 0 amide bonds. The topological polar surface area (TPSA) is 96.8 Å². The fourth-order valence-corrected chi connectivity index (χ4v) is 4.55. The lowest BCUT2D eigenvalue weighted by Crippen LogP contribution is -2.31. The summed E-state index contributed by atoms with van der Waals surface area (Å²) < 4.78 is 7.46. The molecular formula is C24H27ClN8O. The first-order valence-electron chi connectivity index (χ1n) is 11.1. The van der Waals surface area contributed by atoms with Crippen molar-refractivity contribution in [3.05, 3.63) is 53.9 Å². The van der Waals surface area contributed by atoms with Crippen LogP contribution < -0.4 is 20.7 Å². The third-order valence-electron chi connectivity index (χ3n) is 6.26. The standard InChI is InChI=1S/C24H27ClN8O/c1-31(2)15-7-9-32(14-15)21-11-22(34-3)19(10-18(21)26)29-24-27-13-17(25)23(30-24)16-12-28-33-8-5-4-6-20(16)33/h4-6,8,10-13,15H,7,9,14,26H2,1-3H3,(H,27,29,30)/t15-/m1/s1. The minimum atomic E-state index is 0.383. The number of anilines is 4. The second-order valence-electron chi connectivity index (χ2n) is 8.57. The Labute approximate surface area is 203 Å². The van der Waals surface area contributed by atoms with Gasteiger partial charge in [0.05, 0.1) is 52.8 Å². The first-order valence-corrected chi connectivity index (χ1v) is 11.4. The molecule has 9 nitrogen and oxygen atoms in total. The zero-order valence-electron chi connectivity index (χ0n) is 19.4. The van der Waals surface area contributed by atoms with E-state index >= 15 is 0 Å². The van der Waals surface area contributed by atoms with Crippen molar-refractivity contribution in [3.8, 4) is 17.0 Å². The van der Waals surface area contributed by atoms with Crippen LogP contribution in [0.15, 0.2) is 48.9 Å². The lowest BCUT2D eigenvalue weighted by atomic mass is 10.2. The molecule has 1 saturated heterocycles. The number of benzene rings is 1.